The van der Waals surface area contributed by atoms with Crippen molar-refractivity contribution in [1.29, 1.82) is 0 Å². The molecule has 2 aromatic heterocycles. The van der Waals surface area contributed by atoms with Gasteiger partial charge in [0.2, 0.25) is 5.91 Å². The van der Waals surface area contributed by atoms with Crippen LogP contribution in [0.4, 0.5) is 5.82 Å². The lowest BCUT2D eigenvalue weighted by atomic mass is 10.2. The van der Waals surface area contributed by atoms with Crippen molar-refractivity contribution in [1.82, 2.24) is 14.5 Å². The van der Waals surface area contributed by atoms with E-state index >= 15 is 0 Å². The number of nitrogens with zero attached hydrogens (tertiary/aromatic N) is 4. The molecule has 0 radical (unpaired) electrons. The summed E-state index contributed by atoms with van der Waals surface area (Å²) in [5.74, 6) is 0.191. The van der Waals surface area contributed by atoms with Gasteiger partial charge in [-0.25, -0.2) is 9.97 Å². The molecule has 2 aromatic rings. The van der Waals surface area contributed by atoms with Gasteiger partial charge in [0, 0.05) is 37.7 Å². The number of carbonyl (C=O) groups excluding carboxylic acids is 1. The summed E-state index contributed by atoms with van der Waals surface area (Å²) in [6.07, 6.45) is 9.18. The fourth-order valence-corrected chi connectivity index (χ4v) is 2.99. The molecule has 0 aliphatic carbocycles. The van der Waals surface area contributed by atoms with E-state index in [0.29, 0.717) is 22.4 Å². The fraction of sp³-hybridized carbons (Fsp3) is 0.357. The first kappa shape index (κ1) is 13.9. The molecule has 1 fully saturated rings. The smallest absolute Gasteiger partial charge is 0.250 e. The Kier molecular flexibility index (Phi) is 3.79. The number of anilines is 1. The summed E-state index contributed by atoms with van der Waals surface area (Å²) in [7, 11) is 0. The summed E-state index contributed by atoms with van der Waals surface area (Å²) in [6, 6.07) is 1.90. The van der Waals surface area contributed by atoms with Gasteiger partial charge in [-0.3, -0.25) is 4.79 Å². The molecule has 6 nitrogen and oxygen atoms in total. The Morgan fingerprint density at radius 1 is 1.52 bits per heavy atom. The molecule has 0 bridgehead atoms. The Morgan fingerprint density at radius 3 is 3.05 bits per heavy atom. The molecule has 1 atom stereocenters. The summed E-state index contributed by atoms with van der Waals surface area (Å²) < 4.78 is 2.05. The van der Waals surface area contributed by atoms with Crippen molar-refractivity contribution >= 4 is 23.3 Å². The lowest BCUT2D eigenvalue weighted by molar-refractivity contribution is 0.1000. The van der Waals surface area contributed by atoms with Gasteiger partial charge < -0.3 is 15.2 Å². The Labute approximate surface area is 127 Å². The van der Waals surface area contributed by atoms with Crippen LogP contribution in [0.25, 0.3) is 0 Å². The molecule has 1 aliphatic rings. The van der Waals surface area contributed by atoms with E-state index in [9.17, 15) is 4.79 Å². The molecule has 3 rings (SSSR count). The number of rotatable bonds is 4. The zero-order valence-electron chi connectivity index (χ0n) is 11.4. The maximum atomic E-state index is 11.2. The van der Waals surface area contributed by atoms with Crippen LogP contribution >= 0.6 is 11.6 Å². The topological polar surface area (TPSA) is 77.0 Å². The number of imidazole rings is 1. The van der Waals surface area contributed by atoms with Gasteiger partial charge in [0.1, 0.15) is 5.82 Å². The number of hydrogen-bond donors (Lipinski definition) is 1. The maximum Gasteiger partial charge on any atom is 0.250 e. The van der Waals surface area contributed by atoms with Gasteiger partial charge in [-0.1, -0.05) is 11.6 Å². The molecule has 21 heavy (non-hydrogen) atoms. The van der Waals surface area contributed by atoms with Crippen molar-refractivity contribution < 1.29 is 4.79 Å². The minimum absolute atomic E-state index is 0.323. The normalized spacial score (nSPS) is 18.1. The number of primary amides is 1. The Bertz CT molecular complexity index is 643. The minimum atomic E-state index is -0.521. The number of halogens is 1. The van der Waals surface area contributed by atoms with Crippen LogP contribution in [-0.2, 0) is 6.54 Å². The van der Waals surface area contributed by atoms with Crippen LogP contribution in [0.1, 0.15) is 23.2 Å². The van der Waals surface area contributed by atoms with Crippen LogP contribution in [-0.4, -0.2) is 33.0 Å². The van der Waals surface area contributed by atoms with E-state index in [1.807, 2.05) is 12.5 Å². The summed E-state index contributed by atoms with van der Waals surface area (Å²) in [5.41, 5.74) is 5.57. The number of nitrogens with two attached hydrogens (primary N) is 1. The van der Waals surface area contributed by atoms with Crippen LogP contribution in [0.3, 0.4) is 0 Å². The van der Waals surface area contributed by atoms with E-state index in [-0.39, 0.29) is 0 Å². The van der Waals surface area contributed by atoms with Crippen LogP contribution in [0.5, 0.6) is 0 Å². The third-order valence-electron chi connectivity index (χ3n) is 3.74. The highest BCUT2D eigenvalue weighted by Crippen LogP contribution is 2.31. The van der Waals surface area contributed by atoms with Gasteiger partial charge in [0.15, 0.2) is 0 Å². The van der Waals surface area contributed by atoms with Crippen molar-refractivity contribution in [3.63, 3.8) is 0 Å². The number of carbonyl (C=O) groups is 1. The molecular formula is C14H16ClN5O. The summed E-state index contributed by atoms with van der Waals surface area (Å²) in [5, 5.41) is 0.462. The average molecular weight is 306 g/mol. The van der Waals surface area contributed by atoms with Crippen molar-refractivity contribution in [2.45, 2.75) is 25.4 Å². The molecule has 0 saturated carbocycles. The summed E-state index contributed by atoms with van der Waals surface area (Å²) in [6.45, 7) is 1.75. The lowest BCUT2D eigenvalue weighted by Gasteiger charge is -2.26. The highest BCUT2D eigenvalue weighted by molar-refractivity contribution is 6.33. The molecule has 0 spiro atoms. The van der Waals surface area contributed by atoms with Crippen molar-refractivity contribution in [3.8, 4) is 0 Å². The molecule has 0 aromatic carbocycles. The lowest BCUT2D eigenvalue weighted by Crippen LogP contribution is -2.33. The SMILES string of the molecule is NC(=O)c1cnc(N2CCCC2Cn2ccnc2)c(Cl)c1. The van der Waals surface area contributed by atoms with Crippen molar-refractivity contribution in [2.24, 2.45) is 5.73 Å². The Balaban J connectivity index is 1.83. The van der Waals surface area contributed by atoms with Crippen molar-refractivity contribution in [2.75, 3.05) is 11.4 Å². The molecule has 1 saturated heterocycles. The predicted molar refractivity (Wildman–Crippen MR) is 80.4 cm³/mol. The summed E-state index contributed by atoms with van der Waals surface area (Å²) >= 11 is 6.27. The highest BCUT2D eigenvalue weighted by Gasteiger charge is 2.27. The van der Waals surface area contributed by atoms with Gasteiger partial charge >= 0.3 is 0 Å². The molecular weight excluding hydrogens is 290 g/mol. The highest BCUT2D eigenvalue weighted by atomic mass is 35.5. The van der Waals surface area contributed by atoms with E-state index in [1.54, 1.807) is 12.3 Å². The second kappa shape index (κ2) is 5.73. The largest absolute Gasteiger partial charge is 0.366 e. The van der Waals surface area contributed by atoms with E-state index in [4.69, 9.17) is 17.3 Å². The molecule has 2 N–H and O–H groups in total. The van der Waals surface area contributed by atoms with Crippen LogP contribution < -0.4 is 10.6 Å². The second-order valence-corrected chi connectivity index (χ2v) is 5.55. The van der Waals surface area contributed by atoms with E-state index in [0.717, 1.165) is 25.9 Å². The monoisotopic (exact) mass is 305 g/mol. The number of hydrogen-bond acceptors (Lipinski definition) is 4. The molecule has 1 amide bonds. The molecule has 7 heteroatoms. The zero-order valence-corrected chi connectivity index (χ0v) is 12.2. The van der Waals surface area contributed by atoms with Gasteiger partial charge in [0.25, 0.3) is 0 Å². The van der Waals surface area contributed by atoms with E-state index in [2.05, 4.69) is 19.4 Å². The van der Waals surface area contributed by atoms with Gasteiger partial charge in [0.05, 0.1) is 16.9 Å². The predicted octanol–water partition coefficient (Wildman–Crippen LogP) is 1.70. The number of pyridine rings is 1. The van der Waals surface area contributed by atoms with Gasteiger partial charge in [-0.05, 0) is 18.9 Å². The van der Waals surface area contributed by atoms with Crippen LogP contribution in [0, 0.1) is 0 Å². The van der Waals surface area contributed by atoms with Gasteiger partial charge in [-0.15, -0.1) is 0 Å². The minimum Gasteiger partial charge on any atom is -0.366 e. The third-order valence-corrected chi connectivity index (χ3v) is 4.01. The maximum absolute atomic E-state index is 11.2. The van der Waals surface area contributed by atoms with Crippen LogP contribution in [0.15, 0.2) is 31.0 Å². The summed E-state index contributed by atoms with van der Waals surface area (Å²) in [4.78, 5) is 21.7. The molecule has 1 aliphatic heterocycles. The zero-order chi connectivity index (χ0) is 14.8. The molecule has 1 unspecified atom stereocenters. The second-order valence-electron chi connectivity index (χ2n) is 5.14. The molecule has 3 heterocycles. The molecule has 110 valence electrons. The van der Waals surface area contributed by atoms with E-state index in [1.165, 1.54) is 6.20 Å². The van der Waals surface area contributed by atoms with E-state index < -0.39 is 5.91 Å². The number of aromatic nitrogens is 3. The fourth-order valence-electron chi connectivity index (χ4n) is 2.72. The average Bonchev–Trinajstić information content (AvgIpc) is 3.11. The first-order valence-electron chi connectivity index (χ1n) is 6.83. The Hall–Kier alpha value is -2.08. The first-order valence-corrected chi connectivity index (χ1v) is 7.20. The third kappa shape index (κ3) is 2.85. The van der Waals surface area contributed by atoms with Gasteiger partial charge in [-0.2, -0.15) is 0 Å². The standard InChI is InChI=1S/C14H16ClN5O/c15-12-6-10(13(16)21)7-18-14(12)20-4-1-2-11(20)8-19-5-3-17-9-19/h3,5-7,9,11H,1-2,4,8H2,(H2,16,21). The van der Waals surface area contributed by atoms with Crippen molar-refractivity contribution in [3.05, 3.63) is 41.6 Å². The first-order chi connectivity index (χ1) is 10.1. The Morgan fingerprint density at radius 2 is 2.38 bits per heavy atom. The number of amides is 1. The quantitative estimate of drug-likeness (QED) is 0.932. The van der Waals surface area contributed by atoms with Crippen LogP contribution in [0.2, 0.25) is 5.02 Å².